The Balaban J connectivity index is 1.08. The topological polar surface area (TPSA) is 30.0 Å². The molecule has 4 nitrogen and oxygen atoms in total. The van der Waals surface area contributed by atoms with E-state index in [0.717, 1.165) is 32.7 Å². The summed E-state index contributed by atoms with van der Waals surface area (Å²) < 4.78 is 2.47. The lowest BCUT2D eigenvalue weighted by molar-refractivity contribution is 0.253. The summed E-state index contributed by atoms with van der Waals surface area (Å²) >= 11 is 1.89. The number of phenolic OH excluding ortho intramolecular Hbond substituents is 1. The summed E-state index contributed by atoms with van der Waals surface area (Å²) in [6.45, 7) is 6.63. The third-order valence-corrected chi connectivity index (χ3v) is 7.13. The number of piperazine rings is 1. The first-order valence-corrected chi connectivity index (χ1v) is 11.3. The summed E-state index contributed by atoms with van der Waals surface area (Å²) in [5.41, 5.74) is 2.59. The van der Waals surface area contributed by atoms with Crippen molar-refractivity contribution in [3.05, 3.63) is 60.7 Å². The lowest BCUT2D eigenvalue weighted by Gasteiger charge is -2.36. The van der Waals surface area contributed by atoms with Gasteiger partial charge in [0, 0.05) is 48.7 Å². The first-order chi connectivity index (χ1) is 14.3. The number of hydrogen-bond acceptors (Lipinski definition) is 5. The van der Waals surface area contributed by atoms with E-state index in [9.17, 15) is 5.11 Å². The molecule has 0 spiro atoms. The fourth-order valence-electron chi connectivity index (χ4n) is 4.39. The number of benzene rings is 3. The maximum atomic E-state index is 9.46. The maximum absolute atomic E-state index is 9.46. The average Bonchev–Trinajstić information content (AvgIpc) is 3.12. The molecule has 150 valence electrons. The van der Waals surface area contributed by atoms with Crippen LogP contribution in [-0.4, -0.2) is 49.3 Å². The van der Waals surface area contributed by atoms with Crippen LogP contribution in [0.2, 0.25) is 0 Å². The number of unbranched alkanes of at least 4 members (excludes halogenated alkanes) is 1. The van der Waals surface area contributed by atoms with Gasteiger partial charge in [-0.25, -0.2) is 0 Å². The summed E-state index contributed by atoms with van der Waals surface area (Å²) in [5, 5.41) is 12.2. The zero-order valence-corrected chi connectivity index (χ0v) is 17.4. The number of rotatable bonds is 6. The highest BCUT2D eigenvalue weighted by molar-refractivity contribution is 8.01. The highest BCUT2D eigenvalue weighted by atomic mass is 32.2. The van der Waals surface area contributed by atoms with Gasteiger partial charge in [0.2, 0.25) is 0 Å². The molecule has 2 heterocycles. The van der Waals surface area contributed by atoms with Crippen LogP contribution in [0.25, 0.3) is 10.8 Å². The normalized spacial score (nSPS) is 16.7. The molecule has 0 saturated carbocycles. The van der Waals surface area contributed by atoms with Crippen LogP contribution < -0.4 is 9.21 Å². The van der Waals surface area contributed by atoms with Crippen molar-refractivity contribution in [2.24, 2.45) is 0 Å². The van der Waals surface area contributed by atoms with Crippen LogP contribution in [0.4, 0.5) is 11.4 Å². The van der Waals surface area contributed by atoms with Crippen LogP contribution in [-0.2, 0) is 0 Å². The summed E-state index contributed by atoms with van der Waals surface area (Å²) in [5.74, 6) is 0.336. The van der Waals surface area contributed by atoms with E-state index in [2.05, 4.69) is 50.5 Å². The minimum atomic E-state index is 0.336. The molecule has 2 aliphatic rings. The Hall–Kier alpha value is -2.37. The summed E-state index contributed by atoms with van der Waals surface area (Å²) in [6, 6.07) is 20.8. The third-order valence-electron chi connectivity index (χ3n) is 5.99. The second kappa shape index (κ2) is 8.17. The fraction of sp³-hybridized carbons (Fsp3) is 0.333. The van der Waals surface area contributed by atoms with Crippen molar-refractivity contribution in [2.45, 2.75) is 17.7 Å². The van der Waals surface area contributed by atoms with Crippen molar-refractivity contribution in [3.8, 4) is 5.75 Å². The molecule has 29 heavy (non-hydrogen) atoms. The summed E-state index contributed by atoms with van der Waals surface area (Å²) in [7, 11) is 0. The van der Waals surface area contributed by atoms with Crippen LogP contribution in [0, 0.1) is 0 Å². The zero-order chi connectivity index (χ0) is 19.6. The minimum Gasteiger partial charge on any atom is -0.508 e. The van der Waals surface area contributed by atoms with Crippen LogP contribution in [0.15, 0.2) is 65.6 Å². The van der Waals surface area contributed by atoms with Gasteiger partial charge in [0.1, 0.15) is 5.75 Å². The second-order valence-corrected chi connectivity index (χ2v) is 8.94. The molecule has 0 bridgehead atoms. The van der Waals surface area contributed by atoms with E-state index in [1.807, 2.05) is 24.1 Å². The molecule has 2 aliphatic heterocycles. The summed E-state index contributed by atoms with van der Waals surface area (Å²) in [4.78, 5) is 6.39. The highest BCUT2D eigenvalue weighted by Crippen LogP contribution is 2.45. The molecule has 0 aromatic heterocycles. The predicted molar refractivity (Wildman–Crippen MR) is 123 cm³/mol. The van der Waals surface area contributed by atoms with Crippen LogP contribution in [0.5, 0.6) is 5.75 Å². The molecule has 5 rings (SSSR count). The number of hydrogen-bond donors (Lipinski definition) is 1. The number of phenols is 1. The van der Waals surface area contributed by atoms with Crippen LogP contribution in [0.1, 0.15) is 12.8 Å². The molecule has 3 aromatic carbocycles. The van der Waals surface area contributed by atoms with Crippen molar-refractivity contribution in [1.29, 1.82) is 0 Å². The molecular formula is C24H27N3OS. The van der Waals surface area contributed by atoms with Gasteiger partial charge in [0.25, 0.3) is 0 Å². The molecular weight excluding hydrogens is 378 g/mol. The van der Waals surface area contributed by atoms with E-state index in [1.165, 1.54) is 46.4 Å². The first kappa shape index (κ1) is 18.6. The van der Waals surface area contributed by atoms with Crippen molar-refractivity contribution in [1.82, 2.24) is 4.90 Å². The molecule has 0 aliphatic carbocycles. The molecule has 1 N–H and O–H groups in total. The summed E-state index contributed by atoms with van der Waals surface area (Å²) in [6.07, 6.45) is 2.46. The Morgan fingerprint density at radius 1 is 0.793 bits per heavy atom. The molecule has 1 fully saturated rings. The molecule has 5 heteroatoms. The lowest BCUT2D eigenvalue weighted by atomic mass is 10.1. The molecule has 0 atom stereocenters. The second-order valence-electron chi connectivity index (χ2n) is 7.88. The lowest BCUT2D eigenvalue weighted by Crippen LogP contribution is -2.46. The van der Waals surface area contributed by atoms with Gasteiger partial charge in [-0.3, -0.25) is 4.90 Å². The predicted octanol–water partition coefficient (Wildman–Crippen LogP) is 4.97. The fourth-order valence-corrected chi connectivity index (χ4v) is 5.55. The van der Waals surface area contributed by atoms with Crippen molar-refractivity contribution < 1.29 is 5.11 Å². The monoisotopic (exact) mass is 405 g/mol. The molecule has 1 saturated heterocycles. The average molecular weight is 406 g/mol. The van der Waals surface area contributed by atoms with Gasteiger partial charge in [-0.05, 0) is 73.1 Å². The van der Waals surface area contributed by atoms with Gasteiger partial charge in [-0.15, -0.1) is 0 Å². The van der Waals surface area contributed by atoms with E-state index >= 15 is 0 Å². The van der Waals surface area contributed by atoms with Crippen molar-refractivity contribution in [2.75, 3.05) is 48.5 Å². The number of nitrogens with zero attached hydrogens (tertiary/aromatic N) is 3. The van der Waals surface area contributed by atoms with Gasteiger partial charge in [0.15, 0.2) is 0 Å². The van der Waals surface area contributed by atoms with Gasteiger partial charge in [0.05, 0.1) is 5.69 Å². The quantitative estimate of drug-likeness (QED) is 0.462. The Bertz CT molecular complexity index is 978. The minimum absolute atomic E-state index is 0.336. The molecule has 0 radical (unpaired) electrons. The van der Waals surface area contributed by atoms with Gasteiger partial charge in [-0.1, -0.05) is 24.3 Å². The Labute approximate surface area is 176 Å². The van der Waals surface area contributed by atoms with Crippen molar-refractivity contribution in [3.63, 3.8) is 0 Å². The smallest absolute Gasteiger partial charge is 0.115 e. The Kier molecular flexibility index (Phi) is 5.25. The number of aromatic hydroxyl groups is 1. The molecule has 3 aromatic rings. The van der Waals surface area contributed by atoms with E-state index in [4.69, 9.17) is 0 Å². The Morgan fingerprint density at radius 2 is 1.52 bits per heavy atom. The third kappa shape index (κ3) is 3.89. The van der Waals surface area contributed by atoms with Gasteiger partial charge in [-0.2, -0.15) is 0 Å². The Morgan fingerprint density at radius 3 is 2.31 bits per heavy atom. The van der Waals surface area contributed by atoms with Gasteiger partial charge < -0.3 is 14.3 Å². The van der Waals surface area contributed by atoms with Crippen LogP contribution in [0.3, 0.4) is 0 Å². The molecule has 0 amide bonds. The van der Waals surface area contributed by atoms with E-state index < -0.39 is 0 Å². The van der Waals surface area contributed by atoms with Crippen molar-refractivity contribution >= 4 is 34.1 Å². The SMILES string of the molecule is Oc1ccc(N2CCN(CCCCN3Sc4cccc5cccc3c45)CC2)cc1. The van der Waals surface area contributed by atoms with E-state index in [1.54, 1.807) is 12.1 Å². The first-order valence-electron chi connectivity index (χ1n) is 10.5. The van der Waals surface area contributed by atoms with Gasteiger partial charge >= 0.3 is 0 Å². The highest BCUT2D eigenvalue weighted by Gasteiger charge is 2.22. The van der Waals surface area contributed by atoms with E-state index in [0.29, 0.717) is 5.75 Å². The van der Waals surface area contributed by atoms with Crippen LogP contribution >= 0.6 is 11.9 Å². The number of anilines is 2. The standard InChI is InChI=1S/C24H27N3OS/c28-21-11-9-20(10-12-21)26-17-15-25(16-18-26)13-1-2-14-27-22-7-3-5-19-6-4-8-23(29-27)24(19)22/h3-12,28H,1-2,13-18H2. The maximum Gasteiger partial charge on any atom is 0.115 e. The van der Waals surface area contributed by atoms with E-state index in [-0.39, 0.29) is 0 Å². The zero-order valence-electron chi connectivity index (χ0n) is 16.6. The molecule has 0 unspecified atom stereocenters. The largest absolute Gasteiger partial charge is 0.508 e.